The van der Waals surface area contributed by atoms with Crippen LogP contribution >= 0.6 is 15.9 Å². The molecule has 0 amide bonds. The van der Waals surface area contributed by atoms with Crippen molar-refractivity contribution >= 4 is 21.6 Å². The van der Waals surface area contributed by atoms with Crippen LogP contribution in [0.3, 0.4) is 0 Å². The van der Waals surface area contributed by atoms with E-state index in [-0.39, 0.29) is 0 Å². The zero-order valence-electron chi connectivity index (χ0n) is 9.80. The minimum Gasteiger partial charge on any atom is -0.396 e. The second-order valence-electron chi connectivity index (χ2n) is 3.58. The van der Waals surface area contributed by atoms with Crippen molar-refractivity contribution in [3.8, 4) is 0 Å². The van der Waals surface area contributed by atoms with Gasteiger partial charge < -0.3 is 4.84 Å². The maximum absolute atomic E-state index is 12.4. The Morgan fingerprint density at radius 2 is 1.89 bits per heavy atom. The molecule has 0 fully saturated rings. The Kier molecular flexibility index (Phi) is 5.65. The Hall–Kier alpha value is -1.04. The van der Waals surface area contributed by atoms with Gasteiger partial charge in [0.1, 0.15) is 6.61 Å². The zero-order chi connectivity index (χ0) is 13.6. The van der Waals surface area contributed by atoms with E-state index in [0.29, 0.717) is 23.2 Å². The van der Waals surface area contributed by atoms with Crippen LogP contribution in [0.25, 0.3) is 0 Å². The molecule has 2 nitrogen and oxygen atoms in total. The first-order chi connectivity index (χ1) is 8.49. The molecule has 1 rings (SSSR count). The Labute approximate surface area is 112 Å². The van der Waals surface area contributed by atoms with Gasteiger partial charge >= 0.3 is 6.18 Å². The molecule has 0 atom stereocenters. The Bertz CT molecular complexity index is 401. The summed E-state index contributed by atoms with van der Waals surface area (Å²) in [6.07, 6.45) is -3.49. The average Bonchev–Trinajstić information content (AvgIpc) is 2.34. The van der Waals surface area contributed by atoms with Crippen molar-refractivity contribution in [1.29, 1.82) is 0 Å². The summed E-state index contributed by atoms with van der Waals surface area (Å²) < 4.78 is 37.2. The smallest absolute Gasteiger partial charge is 0.396 e. The van der Waals surface area contributed by atoms with Gasteiger partial charge in [-0.3, -0.25) is 0 Å². The molecule has 1 aromatic rings. The van der Waals surface area contributed by atoms with E-state index in [9.17, 15) is 13.2 Å². The first-order valence-electron chi connectivity index (χ1n) is 5.41. The number of benzene rings is 1. The quantitative estimate of drug-likeness (QED) is 0.344. The van der Waals surface area contributed by atoms with E-state index in [1.165, 1.54) is 12.1 Å². The van der Waals surface area contributed by atoms with Crippen LogP contribution < -0.4 is 0 Å². The second kappa shape index (κ2) is 6.78. The molecule has 0 aliphatic heterocycles. The van der Waals surface area contributed by atoms with Crippen LogP contribution in [0, 0.1) is 0 Å². The van der Waals surface area contributed by atoms with Crippen molar-refractivity contribution in [1.82, 2.24) is 0 Å². The van der Waals surface area contributed by atoms with Crippen LogP contribution in [0.5, 0.6) is 0 Å². The first-order valence-corrected chi connectivity index (χ1v) is 6.53. The molecular formula is C12H13BrF3NO. The lowest BCUT2D eigenvalue weighted by molar-refractivity contribution is -0.137. The summed E-state index contributed by atoms with van der Waals surface area (Å²) in [5, 5.41) is 4.30. The molecule has 0 unspecified atom stereocenters. The van der Waals surface area contributed by atoms with E-state index < -0.39 is 11.7 Å². The predicted octanol–water partition coefficient (Wildman–Crippen LogP) is 4.23. The van der Waals surface area contributed by atoms with E-state index in [1.54, 1.807) is 0 Å². The van der Waals surface area contributed by atoms with Crippen molar-refractivity contribution in [3.63, 3.8) is 0 Å². The van der Waals surface area contributed by atoms with Gasteiger partial charge in [0.05, 0.1) is 11.3 Å². The summed E-state index contributed by atoms with van der Waals surface area (Å²) in [4.78, 5) is 5.02. The molecular weight excluding hydrogens is 311 g/mol. The van der Waals surface area contributed by atoms with Crippen LogP contribution in [-0.2, 0) is 11.0 Å². The molecule has 100 valence electrons. The molecule has 0 spiro atoms. The first kappa shape index (κ1) is 15.0. The van der Waals surface area contributed by atoms with Gasteiger partial charge in [0.25, 0.3) is 0 Å². The summed E-state index contributed by atoms with van der Waals surface area (Å²) in [5.41, 5.74) is 0.503. The fraction of sp³-hybridized carbons (Fsp3) is 0.417. The molecule has 0 aliphatic rings. The van der Waals surface area contributed by atoms with Crippen molar-refractivity contribution < 1.29 is 18.0 Å². The normalized spacial score (nSPS) is 12.6. The van der Waals surface area contributed by atoms with Gasteiger partial charge in [-0.15, -0.1) is 0 Å². The molecule has 0 aromatic heterocycles. The molecule has 0 radical (unpaired) electrons. The second-order valence-corrected chi connectivity index (χ2v) is 4.14. The third-order valence-electron chi connectivity index (χ3n) is 2.14. The third kappa shape index (κ3) is 4.33. The van der Waals surface area contributed by atoms with Crippen molar-refractivity contribution in [3.05, 3.63) is 35.4 Å². The van der Waals surface area contributed by atoms with Gasteiger partial charge in [0.2, 0.25) is 0 Å². The lowest BCUT2D eigenvalue weighted by atomic mass is 10.1. The van der Waals surface area contributed by atoms with E-state index in [4.69, 9.17) is 4.84 Å². The molecule has 0 aliphatic carbocycles. The van der Waals surface area contributed by atoms with Gasteiger partial charge in [0.15, 0.2) is 0 Å². The van der Waals surface area contributed by atoms with Gasteiger partial charge in [-0.2, -0.15) is 13.2 Å². The number of rotatable bonds is 5. The predicted molar refractivity (Wildman–Crippen MR) is 68.0 cm³/mol. The highest BCUT2D eigenvalue weighted by Gasteiger charge is 2.30. The molecule has 0 N–H and O–H groups in total. The van der Waals surface area contributed by atoms with Crippen molar-refractivity contribution in [2.24, 2.45) is 5.16 Å². The monoisotopic (exact) mass is 323 g/mol. The molecule has 0 saturated carbocycles. The van der Waals surface area contributed by atoms with Crippen LogP contribution in [0.15, 0.2) is 29.4 Å². The molecule has 0 heterocycles. The highest BCUT2D eigenvalue weighted by Crippen LogP contribution is 2.29. The molecule has 1 aromatic carbocycles. The highest BCUT2D eigenvalue weighted by atomic mass is 79.9. The van der Waals surface area contributed by atoms with Crippen LogP contribution in [0.2, 0.25) is 0 Å². The summed E-state index contributed by atoms with van der Waals surface area (Å²) in [6, 6.07) is 4.84. The van der Waals surface area contributed by atoms with Crippen LogP contribution in [0.1, 0.15) is 24.5 Å². The largest absolute Gasteiger partial charge is 0.416 e. The molecule has 18 heavy (non-hydrogen) atoms. The maximum atomic E-state index is 12.4. The number of nitrogens with zero attached hydrogens (tertiary/aromatic N) is 1. The van der Waals surface area contributed by atoms with E-state index >= 15 is 0 Å². The van der Waals surface area contributed by atoms with Crippen molar-refractivity contribution in [2.75, 3.05) is 11.9 Å². The third-order valence-corrected chi connectivity index (χ3v) is 2.67. The molecule has 6 heteroatoms. The van der Waals surface area contributed by atoms with Crippen LogP contribution in [-0.4, -0.2) is 17.6 Å². The number of oxime groups is 1. The maximum Gasteiger partial charge on any atom is 0.416 e. The number of halogens is 4. The fourth-order valence-electron chi connectivity index (χ4n) is 1.22. The van der Waals surface area contributed by atoms with E-state index in [1.807, 2.05) is 6.92 Å². The molecule has 0 bridgehead atoms. The fourth-order valence-corrected chi connectivity index (χ4v) is 1.65. The van der Waals surface area contributed by atoms with Gasteiger partial charge in [-0.25, -0.2) is 0 Å². The standard InChI is InChI=1S/C12H13BrF3NO/c1-2-7-18-17-11(8-13)9-3-5-10(6-4-9)12(14,15)16/h3-6H,2,7-8H2,1H3/b17-11+. The molecule has 0 saturated heterocycles. The summed E-state index contributed by atoms with van der Waals surface area (Å²) in [5.74, 6) is 0. The Morgan fingerprint density at radius 3 is 2.33 bits per heavy atom. The minimum absolute atomic E-state index is 0.419. The zero-order valence-corrected chi connectivity index (χ0v) is 11.4. The number of hydrogen-bond donors (Lipinski definition) is 0. The summed E-state index contributed by atoms with van der Waals surface area (Å²) >= 11 is 3.23. The topological polar surface area (TPSA) is 21.6 Å². The minimum atomic E-state index is -4.32. The number of hydrogen-bond acceptors (Lipinski definition) is 2. The number of alkyl halides is 4. The SMILES string of the molecule is CCCO/N=C(\CBr)c1ccc(C(F)(F)F)cc1. The average molecular weight is 324 g/mol. The van der Waals surface area contributed by atoms with Crippen LogP contribution in [0.4, 0.5) is 13.2 Å². The highest BCUT2D eigenvalue weighted by molar-refractivity contribution is 9.09. The van der Waals surface area contributed by atoms with E-state index in [2.05, 4.69) is 21.1 Å². The summed E-state index contributed by atoms with van der Waals surface area (Å²) in [7, 11) is 0. The van der Waals surface area contributed by atoms with Gasteiger partial charge in [-0.1, -0.05) is 40.1 Å². The van der Waals surface area contributed by atoms with Gasteiger partial charge in [0, 0.05) is 10.9 Å². The lowest BCUT2D eigenvalue weighted by Crippen LogP contribution is -2.07. The summed E-state index contributed by atoms with van der Waals surface area (Å²) in [6.45, 7) is 2.43. The lowest BCUT2D eigenvalue weighted by Gasteiger charge is -2.08. The van der Waals surface area contributed by atoms with Crippen molar-refractivity contribution in [2.45, 2.75) is 19.5 Å². The Morgan fingerprint density at radius 1 is 1.28 bits per heavy atom. The van der Waals surface area contributed by atoms with Gasteiger partial charge in [-0.05, 0) is 18.6 Å². The Balaban J connectivity index is 2.85. The van der Waals surface area contributed by atoms with E-state index in [0.717, 1.165) is 18.6 Å².